The van der Waals surface area contributed by atoms with E-state index < -0.39 is 30.4 Å². The molecular formula is C39H41N2O9S3+. The van der Waals surface area contributed by atoms with Gasteiger partial charge in [0.15, 0.2) is 12.3 Å². The molecule has 0 amide bonds. The van der Waals surface area contributed by atoms with Crippen LogP contribution in [0.1, 0.15) is 48.6 Å². The first-order valence-electron chi connectivity index (χ1n) is 16.7. The lowest BCUT2D eigenvalue weighted by Crippen LogP contribution is -2.22. The smallest absolute Gasteiger partial charge is 0.294 e. The van der Waals surface area contributed by atoms with Crippen LogP contribution >= 0.6 is 0 Å². The molecule has 0 aliphatic heterocycles. The van der Waals surface area contributed by atoms with Crippen molar-refractivity contribution < 1.29 is 43.5 Å². The zero-order chi connectivity index (χ0) is 38.7. The Morgan fingerprint density at radius 2 is 1.26 bits per heavy atom. The Bertz CT molecular complexity index is 2520. The fourth-order valence-corrected chi connectivity index (χ4v) is 7.90. The summed E-state index contributed by atoms with van der Waals surface area (Å²) in [6, 6.07) is 24.3. The largest absolute Gasteiger partial charge is 0.367 e. The zero-order valence-corrected chi connectivity index (χ0v) is 32.1. The Morgan fingerprint density at radius 3 is 1.79 bits per heavy atom. The molecule has 0 bridgehead atoms. The van der Waals surface area contributed by atoms with Crippen molar-refractivity contribution in [3.63, 3.8) is 0 Å². The van der Waals surface area contributed by atoms with Crippen LogP contribution in [-0.4, -0.2) is 62.3 Å². The lowest BCUT2D eigenvalue weighted by atomic mass is 9.85. The van der Waals surface area contributed by atoms with Gasteiger partial charge >= 0.3 is 0 Å². The molecule has 0 saturated heterocycles. The first-order chi connectivity index (χ1) is 24.9. The topological polar surface area (TPSA) is 169 Å². The third kappa shape index (κ3) is 9.46. The molecule has 0 spiro atoms. The maximum absolute atomic E-state index is 11.9. The first-order valence-corrected chi connectivity index (χ1v) is 21.0. The van der Waals surface area contributed by atoms with Crippen molar-refractivity contribution >= 4 is 47.3 Å². The van der Waals surface area contributed by atoms with Crippen molar-refractivity contribution in [3.05, 3.63) is 148 Å². The molecule has 278 valence electrons. The number of hydrogen-bond donors (Lipinski definition) is 3. The van der Waals surface area contributed by atoms with Gasteiger partial charge in [0.2, 0.25) is 0 Å². The Labute approximate surface area is 311 Å². The van der Waals surface area contributed by atoms with Gasteiger partial charge in [-0.25, -0.2) is 4.58 Å². The van der Waals surface area contributed by atoms with Gasteiger partial charge in [-0.15, -0.1) is 0 Å². The lowest BCUT2D eigenvalue weighted by Gasteiger charge is -2.25. The van der Waals surface area contributed by atoms with Gasteiger partial charge in [0, 0.05) is 36.5 Å². The van der Waals surface area contributed by atoms with E-state index >= 15 is 0 Å². The Balaban J connectivity index is 1.58. The number of nitrogens with zero attached hydrogens (tertiary/aromatic N) is 2. The molecule has 3 N–H and O–H groups in total. The minimum absolute atomic E-state index is 0.174. The quantitative estimate of drug-likeness (QED) is 0.103. The van der Waals surface area contributed by atoms with E-state index in [0.717, 1.165) is 39.2 Å². The van der Waals surface area contributed by atoms with Gasteiger partial charge < -0.3 is 4.90 Å². The summed E-state index contributed by atoms with van der Waals surface area (Å²) in [5.41, 5.74) is 8.31. The summed E-state index contributed by atoms with van der Waals surface area (Å²) in [4.78, 5) is 1.50. The van der Waals surface area contributed by atoms with Crippen LogP contribution in [-0.2, 0) is 43.4 Å². The minimum atomic E-state index is -4.42. The van der Waals surface area contributed by atoms with Crippen LogP contribution in [0.3, 0.4) is 0 Å². The van der Waals surface area contributed by atoms with E-state index in [1.807, 2.05) is 64.1 Å². The SMILES string of the molecule is CCN(Cc1cccc(S(=O)(=O)O)c1)c1ccc(/C(=C2\C=CC(=[N+](CC)Cc3cccc(S(=O)(=O)O)c3)C=C2C)c2ccc(S(=O)(=O)O)cc2)c(C)c1. The van der Waals surface area contributed by atoms with E-state index in [1.165, 1.54) is 36.4 Å². The molecule has 0 unspecified atom stereocenters. The molecule has 1 aliphatic rings. The summed E-state index contributed by atoms with van der Waals surface area (Å²) in [5.74, 6) is 0. The standard InChI is InChI=1S/C39H40N2O9S3/c1-5-40(25-29-9-7-11-35(23-29)52(45,46)47)32-15-19-37(27(3)21-32)39(31-13-17-34(18-14-31)51(42,43)44)38-20-16-33(22-28(38)4)41(6-2)26-30-10-8-12-36(24-30)53(48,49)50/h7-24H,5-6,25-26H2,1-4H3,(H2-,42,43,44,45,46,47,48,49,50)/p+1. The average molecular weight is 778 g/mol. The molecule has 0 aromatic heterocycles. The molecule has 0 radical (unpaired) electrons. The Kier molecular flexibility index (Phi) is 11.7. The second kappa shape index (κ2) is 15.7. The zero-order valence-electron chi connectivity index (χ0n) is 29.6. The van der Waals surface area contributed by atoms with E-state index in [0.29, 0.717) is 42.9 Å². The minimum Gasteiger partial charge on any atom is -0.367 e. The Morgan fingerprint density at radius 1 is 0.679 bits per heavy atom. The molecule has 53 heavy (non-hydrogen) atoms. The van der Waals surface area contributed by atoms with Gasteiger partial charge in [-0.1, -0.05) is 42.5 Å². The third-order valence-electron chi connectivity index (χ3n) is 9.03. The fraction of sp³-hybridized carbons (Fsp3) is 0.205. The van der Waals surface area contributed by atoms with Gasteiger partial charge in [0.25, 0.3) is 30.4 Å². The summed E-state index contributed by atoms with van der Waals surface area (Å²) in [7, 11) is -13.1. The molecule has 0 atom stereocenters. The number of benzene rings is 4. The summed E-state index contributed by atoms with van der Waals surface area (Å²) < 4.78 is 101. The predicted octanol–water partition coefficient (Wildman–Crippen LogP) is 6.75. The molecule has 14 heteroatoms. The molecule has 1 aliphatic carbocycles. The molecule has 11 nitrogen and oxygen atoms in total. The Hall–Kier alpha value is -4.70. The third-order valence-corrected chi connectivity index (χ3v) is 11.6. The molecule has 0 saturated carbocycles. The summed E-state index contributed by atoms with van der Waals surface area (Å²) in [5, 5.41) is 0. The normalized spacial score (nSPS) is 15.6. The number of aryl methyl sites for hydroxylation is 1. The summed E-state index contributed by atoms with van der Waals surface area (Å²) >= 11 is 0. The molecule has 4 aromatic carbocycles. The van der Waals surface area contributed by atoms with Gasteiger partial charge in [0.1, 0.15) is 6.54 Å². The highest BCUT2D eigenvalue weighted by Crippen LogP contribution is 2.36. The van der Waals surface area contributed by atoms with Crippen molar-refractivity contribution in [1.82, 2.24) is 0 Å². The van der Waals surface area contributed by atoms with Gasteiger partial charge in [-0.05, 0) is 121 Å². The molecule has 0 heterocycles. The monoisotopic (exact) mass is 777 g/mol. The van der Waals surface area contributed by atoms with Crippen LogP contribution in [0.25, 0.3) is 5.57 Å². The van der Waals surface area contributed by atoms with Crippen molar-refractivity contribution in [2.75, 3.05) is 18.0 Å². The molecule has 0 fully saturated rings. The molecule has 4 aromatic rings. The van der Waals surface area contributed by atoms with Crippen molar-refractivity contribution in [2.45, 2.75) is 55.5 Å². The van der Waals surface area contributed by atoms with Crippen molar-refractivity contribution in [1.29, 1.82) is 0 Å². The fourth-order valence-electron chi connectivity index (χ4n) is 6.32. The average Bonchev–Trinajstić information content (AvgIpc) is 3.10. The van der Waals surface area contributed by atoms with Crippen LogP contribution in [0.2, 0.25) is 0 Å². The number of rotatable bonds is 12. The van der Waals surface area contributed by atoms with Gasteiger partial charge in [0.05, 0.1) is 14.7 Å². The predicted molar refractivity (Wildman–Crippen MR) is 205 cm³/mol. The van der Waals surface area contributed by atoms with Crippen molar-refractivity contribution in [3.8, 4) is 0 Å². The van der Waals surface area contributed by atoms with E-state index in [2.05, 4.69) is 9.48 Å². The number of allylic oxidation sites excluding steroid dienone is 5. The van der Waals surface area contributed by atoms with E-state index in [4.69, 9.17) is 0 Å². The highest BCUT2D eigenvalue weighted by molar-refractivity contribution is 7.86. The van der Waals surface area contributed by atoms with Crippen LogP contribution in [0.5, 0.6) is 0 Å². The van der Waals surface area contributed by atoms with Crippen LogP contribution in [0, 0.1) is 6.92 Å². The maximum atomic E-state index is 11.9. The van der Waals surface area contributed by atoms with Crippen LogP contribution < -0.4 is 4.90 Å². The lowest BCUT2D eigenvalue weighted by molar-refractivity contribution is -0.539. The summed E-state index contributed by atoms with van der Waals surface area (Å²) in [6.07, 6.45) is 5.98. The number of hydrogen-bond acceptors (Lipinski definition) is 7. The van der Waals surface area contributed by atoms with E-state index in [1.54, 1.807) is 36.4 Å². The van der Waals surface area contributed by atoms with Crippen LogP contribution in [0.15, 0.2) is 135 Å². The second-order valence-electron chi connectivity index (χ2n) is 12.6. The maximum Gasteiger partial charge on any atom is 0.294 e. The number of anilines is 1. The van der Waals surface area contributed by atoms with Crippen LogP contribution in [0.4, 0.5) is 5.69 Å². The highest BCUT2D eigenvalue weighted by Gasteiger charge is 2.22. The summed E-state index contributed by atoms with van der Waals surface area (Å²) in [6.45, 7) is 9.92. The highest BCUT2D eigenvalue weighted by atomic mass is 32.2. The van der Waals surface area contributed by atoms with E-state index in [9.17, 15) is 38.9 Å². The molecular weight excluding hydrogens is 737 g/mol. The van der Waals surface area contributed by atoms with Crippen molar-refractivity contribution in [2.24, 2.45) is 0 Å². The first kappa shape index (κ1) is 39.5. The van der Waals surface area contributed by atoms with E-state index in [-0.39, 0.29) is 14.7 Å². The second-order valence-corrected chi connectivity index (χ2v) is 16.9. The van der Waals surface area contributed by atoms with Gasteiger partial charge in [-0.2, -0.15) is 25.3 Å². The van der Waals surface area contributed by atoms with Gasteiger partial charge in [-0.3, -0.25) is 13.7 Å². The molecule has 5 rings (SSSR count).